The summed E-state index contributed by atoms with van der Waals surface area (Å²) in [7, 11) is -3.03. The fraction of sp³-hybridized carbons (Fsp3) is 1.00. The Morgan fingerprint density at radius 2 is 1.94 bits per heavy atom. The van der Waals surface area contributed by atoms with Crippen molar-refractivity contribution in [2.45, 2.75) is 44.6 Å². The number of hydrogen-bond donors (Lipinski definition) is 1. The first-order valence-electron chi connectivity index (χ1n) is 6.31. The topological polar surface area (TPSA) is 63.4 Å². The monoisotopic (exact) mass is 246 g/mol. The molecule has 1 atom stereocenters. The lowest BCUT2D eigenvalue weighted by Gasteiger charge is -2.31. The molecule has 0 amide bonds. The van der Waals surface area contributed by atoms with Crippen molar-refractivity contribution in [2.24, 2.45) is 11.7 Å². The van der Waals surface area contributed by atoms with Gasteiger partial charge in [0.15, 0.2) is 0 Å². The predicted molar refractivity (Wildman–Crippen MR) is 64.5 cm³/mol. The lowest BCUT2D eigenvalue weighted by molar-refractivity contribution is 0.295. The van der Waals surface area contributed by atoms with E-state index in [1.165, 1.54) is 19.3 Å². The van der Waals surface area contributed by atoms with Gasteiger partial charge in [-0.25, -0.2) is 12.7 Å². The molecule has 0 aromatic heterocycles. The minimum absolute atomic E-state index is 0.0345. The summed E-state index contributed by atoms with van der Waals surface area (Å²) in [5.74, 6) is 0.984. The van der Waals surface area contributed by atoms with Gasteiger partial charge in [0.1, 0.15) is 0 Å². The first-order valence-corrected chi connectivity index (χ1v) is 7.92. The van der Waals surface area contributed by atoms with Gasteiger partial charge in [-0.3, -0.25) is 0 Å². The third kappa shape index (κ3) is 2.96. The number of hydrogen-bond acceptors (Lipinski definition) is 3. The maximum absolute atomic E-state index is 12.0. The maximum atomic E-state index is 12.0. The molecule has 2 fully saturated rings. The van der Waals surface area contributed by atoms with Crippen molar-refractivity contribution in [2.75, 3.05) is 18.8 Å². The van der Waals surface area contributed by atoms with Gasteiger partial charge >= 0.3 is 0 Å². The van der Waals surface area contributed by atoms with Crippen molar-refractivity contribution < 1.29 is 8.42 Å². The highest BCUT2D eigenvalue weighted by atomic mass is 32.2. The third-order valence-electron chi connectivity index (χ3n) is 3.82. The van der Waals surface area contributed by atoms with Crippen LogP contribution in [-0.4, -0.2) is 37.6 Å². The van der Waals surface area contributed by atoms with Crippen molar-refractivity contribution in [3.05, 3.63) is 0 Å². The second-order valence-electron chi connectivity index (χ2n) is 5.16. The Morgan fingerprint density at radius 3 is 2.50 bits per heavy atom. The molecule has 1 saturated heterocycles. The molecule has 0 aromatic carbocycles. The van der Waals surface area contributed by atoms with Crippen molar-refractivity contribution in [1.29, 1.82) is 0 Å². The summed E-state index contributed by atoms with van der Waals surface area (Å²) in [4.78, 5) is 0. The van der Waals surface area contributed by atoms with Gasteiger partial charge in [-0.2, -0.15) is 0 Å². The molecule has 2 aliphatic rings. The fourth-order valence-corrected chi connectivity index (χ4v) is 4.17. The second-order valence-corrected chi connectivity index (χ2v) is 7.25. The Bertz CT molecular complexity index is 325. The van der Waals surface area contributed by atoms with Crippen LogP contribution in [0.4, 0.5) is 0 Å². The third-order valence-corrected chi connectivity index (χ3v) is 5.69. The summed E-state index contributed by atoms with van der Waals surface area (Å²) in [5, 5.41) is 0. The van der Waals surface area contributed by atoms with Gasteiger partial charge in [0.2, 0.25) is 10.0 Å². The minimum atomic E-state index is -3.03. The Kier molecular flexibility index (Phi) is 3.87. The van der Waals surface area contributed by atoms with Gasteiger partial charge < -0.3 is 5.73 Å². The van der Waals surface area contributed by atoms with Crippen LogP contribution in [-0.2, 0) is 10.0 Å². The fourth-order valence-electron chi connectivity index (χ4n) is 2.45. The average molecular weight is 246 g/mol. The van der Waals surface area contributed by atoms with E-state index in [0.29, 0.717) is 24.8 Å². The second kappa shape index (κ2) is 5.02. The highest BCUT2D eigenvalue weighted by molar-refractivity contribution is 7.89. The van der Waals surface area contributed by atoms with E-state index in [2.05, 4.69) is 0 Å². The van der Waals surface area contributed by atoms with E-state index in [4.69, 9.17) is 5.73 Å². The standard InChI is InChI=1S/C11H22N2O2S/c12-11-5-2-7-13(9-11)16(14,15)8-6-10-3-1-4-10/h10-11H,1-9,12H2. The molecule has 4 nitrogen and oxygen atoms in total. The number of piperidine rings is 1. The van der Waals surface area contributed by atoms with Crippen LogP contribution in [0.1, 0.15) is 38.5 Å². The zero-order valence-electron chi connectivity index (χ0n) is 9.77. The predicted octanol–water partition coefficient (Wildman–Crippen LogP) is 0.929. The molecule has 1 aliphatic carbocycles. The minimum Gasteiger partial charge on any atom is -0.327 e. The molecule has 94 valence electrons. The molecule has 1 unspecified atom stereocenters. The average Bonchev–Trinajstić information content (AvgIpc) is 2.15. The Morgan fingerprint density at radius 1 is 1.19 bits per heavy atom. The number of sulfonamides is 1. The summed E-state index contributed by atoms with van der Waals surface area (Å²) in [6, 6.07) is 0.0345. The van der Waals surface area contributed by atoms with Crippen molar-refractivity contribution in [3.63, 3.8) is 0 Å². The van der Waals surface area contributed by atoms with Gasteiger partial charge in [-0.15, -0.1) is 0 Å². The largest absolute Gasteiger partial charge is 0.327 e. The van der Waals surface area contributed by atoms with Crippen molar-refractivity contribution in [1.82, 2.24) is 4.31 Å². The maximum Gasteiger partial charge on any atom is 0.214 e. The van der Waals surface area contributed by atoms with E-state index >= 15 is 0 Å². The van der Waals surface area contributed by atoms with Gasteiger partial charge in [0.05, 0.1) is 5.75 Å². The molecule has 2 N–H and O–H groups in total. The molecule has 16 heavy (non-hydrogen) atoms. The van der Waals surface area contributed by atoms with E-state index in [1.54, 1.807) is 4.31 Å². The molecular formula is C11H22N2O2S. The van der Waals surface area contributed by atoms with E-state index in [9.17, 15) is 8.42 Å². The SMILES string of the molecule is NC1CCCN(S(=O)(=O)CCC2CCC2)C1. The molecule has 0 bridgehead atoms. The molecule has 0 radical (unpaired) electrons. The number of nitrogens with two attached hydrogens (primary N) is 1. The zero-order valence-corrected chi connectivity index (χ0v) is 10.6. The molecule has 0 spiro atoms. The first kappa shape index (κ1) is 12.3. The Hall–Kier alpha value is -0.130. The first-order chi connectivity index (χ1) is 7.58. The summed E-state index contributed by atoms with van der Waals surface area (Å²) in [6.07, 6.45) is 6.41. The number of nitrogens with zero attached hydrogens (tertiary/aromatic N) is 1. The van der Waals surface area contributed by atoms with Gasteiger partial charge in [0.25, 0.3) is 0 Å². The van der Waals surface area contributed by atoms with Gasteiger partial charge in [0, 0.05) is 19.1 Å². The van der Waals surface area contributed by atoms with Crippen LogP contribution in [0.15, 0.2) is 0 Å². The molecule has 5 heteroatoms. The quantitative estimate of drug-likeness (QED) is 0.802. The van der Waals surface area contributed by atoms with E-state index in [0.717, 1.165) is 19.3 Å². The molecule has 2 rings (SSSR count). The van der Waals surface area contributed by atoms with Gasteiger partial charge in [-0.1, -0.05) is 19.3 Å². The Labute approximate surface area is 98.2 Å². The van der Waals surface area contributed by atoms with Crippen LogP contribution < -0.4 is 5.73 Å². The molecule has 0 aromatic rings. The van der Waals surface area contributed by atoms with Crippen LogP contribution in [0.25, 0.3) is 0 Å². The molecule has 1 heterocycles. The summed E-state index contributed by atoms with van der Waals surface area (Å²) < 4.78 is 25.7. The van der Waals surface area contributed by atoms with Crippen LogP contribution in [0.5, 0.6) is 0 Å². The van der Waals surface area contributed by atoms with E-state index in [1.807, 2.05) is 0 Å². The normalized spacial score (nSPS) is 28.9. The lowest BCUT2D eigenvalue weighted by atomic mass is 9.84. The zero-order chi connectivity index (χ0) is 11.6. The van der Waals surface area contributed by atoms with Crippen LogP contribution in [0.2, 0.25) is 0 Å². The van der Waals surface area contributed by atoms with E-state index in [-0.39, 0.29) is 6.04 Å². The molecule has 1 saturated carbocycles. The van der Waals surface area contributed by atoms with E-state index < -0.39 is 10.0 Å². The highest BCUT2D eigenvalue weighted by Crippen LogP contribution is 2.30. The lowest BCUT2D eigenvalue weighted by Crippen LogP contribution is -2.46. The summed E-state index contributed by atoms with van der Waals surface area (Å²) >= 11 is 0. The number of rotatable bonds is 4. The van der Waals surface area contributed by atoms with Crippen LogP contribution >= 0.6 is 0 Å². The Balaban J connectivity index is 1.84. The molecular weight excluding hydrogens is 224 g/mol. The summed E-state index contributed by atoms with van der Waals surface area (Å²) in [5.41, 5.74) is 5.81. The van der Waals surface area contributed by atoms with Crippen LogP contribution in [0, 0.1) is 5.92 Å². The van der Waals surface area contributed by atoms with Crippen molar-refractivity contribution >= 4 is 10.0 Å². The smallest absolute Gasteiger partial charge is 0.214 e. The van der Waals surface area contributed by atoms with Gasteiger partial charge in [-0.05, 0) is 25.2 Å². The van der Waals surface area contributed by atoms with Crippen LogP contribution in [0.3, 0.4) is 0 Å². The summed E-state index contributed by atoms with van der Waals surface area (Å²) in [6.45, 7) is 1.19. The highest BCUT2D eigenvalue weighted by Gasteiger charge is 2.28. The van der Waals surface area contributed by atoms with Crippen molar-refractivity contribution in [3.8, 4) is 0 Å². The molecule has 1 aliphatic heterocycles.